The highest BCUT2D eigenvalue weighted by molar-refractivity contribution is 9.10. The molecule has 1 aliphatic heterocycles. The second-order valence-electron chi connectivity index (χ2n) is 5.21. The number of hydrogen-bond acceptors (Lipinski definition) is 3. The molecule has 2 heterocycles. The topological polar surface area (TPSA) is 71.3 Å². The van der Waals surface area contributed by atoms with E-state index in [2.05, 4.69) is 26.6 Å². The number of aryl methyl sites for hydroxylation is 1. The number of amides is 2. The summed E-state index contributed by atoms with van der Waals surface area (Å²) in [6, 6.07) is 5.61. The van der Waals surface area contributed by atoms with Crippen LogP contribution in [0.2, 0.25) is 0 Å². The van der Waals surface area contributed by atoms with Crippen LogP contribution in [0, 0.1) is 6.92 Å². The first-order chi connectivity index (χ1) is 10.0. The molecule has 21 heavy (non-hydrogen) atoms. The van der Waals surface area contributed by atoms with Crippen molar-refractivity contribution in [1.29, 1.82) is 0 Å². The Hall–Kier alpha value is -1.82. The molecule has 2 aromatic rings. The highest BCUT2D eigenvalue weighted by atomic mass is 79.9. The van der Waals surface area contributed by atoms with Gasteiger partial charge in [0.2, 0.25) is 5.91 Å². The van der Waals surface area contributed by atoms with E-state index >= 15 is 0 Å². The molecular weight excluding hydrogens is 336 g/mol. The Balaban J connectivity index is 1.81. The number of furan rings is 1. The molecule has 2 amide bonds. The van der Waals surface area contributed by atoms with Gasteiger partial charge in [0.15, 0.2) is 5.76 Å². The van der Waals surface area contributed by atoms with E-state index in [4.69, 9.17) is 4.42 Å². The molecule has 2 N–H and O–H groups in total. The van der Waals surface area contributed by atoms with Crippen LogP contribution in [0.15, 0.2) is 27.1 Å². The Morgan fingerprint density at radius 3 is 3.00 bits per heavy atom. The Morgan fingerprint density at radius 2 is 2.29 bits per heavy atom. The predicted molar refractivity (Wildman–Crippen MR) is 82.1 cm³/mol. The zero-order chi connectivity index (χ0) is 15.0. The lowest BCUT2D eigenvalue weighted by Crippen LogP contribution is -2.47. The number of piperidine rings is 1. The fourth-order valence-corrected chi connectivity index (χ4v) is 2.88. The first-order valence-electron chi connectivity index (χ1n) is 6.81. The maximum absolute atomic E-state index is 12.3. The van der Waals surface area contributed by atoms with Gasteiger partial charge in [0.1, 0.15) is 5.58 Å². The lowest BCUT2D eigenvalue weighted by molar-refractivity contribution is -0.122. The molecule has 1 aromatic carbocycles. The smallest absolute Gasteiger partial charge is 0.287 e. The number of halogens is 1. The van der Waals surface area contributed by atoms with Crippen LogP contribution in [0.3, 0.4) is 0 Å². The van der Waals surface area contributed by atoms with Crippen molar-refractivity contribution in [1.82, 2.24) is 10.6 Å². The maximum Gasteiger partial charge on any atom is 0.287 e. The highest BCUT2D eigenvalue weighted by Crippen LogP contribution is 2.28. The van der Waals surface area contributed by atoms with Crippen molar-refractivity contribution in [3.8, 4) is 0 Å². The lowest BCUT2D eigenvalue weighted by atomic mass is 10.1. The van der Waals surface area contributed by atoms with Crippen LogP contribution in [0.5, 0.6) is 0 Å². The summed E-state index contributed by atoms with van der Waals surface area (Å²) in [6.45, 7) is 2.34. The number of nitrogens with one attached hydrogen (secondary N) is 2. The van der Waals surface area contributed by atoms with Gasteiger partial charge in [-0.1, -0.05) is 15.9 Å². The standard InChI is InChI=1S/C15H15BrN2O3/c1-8-11-6-9(16)2-4-12(11)21-14(8)15(20)18-10-3-5-13(19)17-7-10/h2,4,6,10H,3,5,7H2,1H3,(H,17,19)(H,18,20). The number of hydrogen-bond donors (Lipinski definition) is 2. The van der Waals surface area contributed by atoms with E-state index in [1.807, 2.05) is 25.1 Å². The minimum atomic E-state index is -0.235. The summed E-state index contributed by atoms with van der Waals surface area (Å²) in [7, 11) is 0. The van der Waals surface area contributed by atoms with E-state index in [0.717, 1.165) is 15.4 Å². The molecule has 1 saturated heterocycles. The van der Waals surface area contributed by atoms with Gasteiger partial charge < -0.3 is 15.1 Å². The highest BCUT2D eigenvalue weighted by Gasteiger charge is 2.23. The van der Waals surface area contributed by atoms with E-state index in [1.54, 1.807) is 0 Å². The van der Waals surface area contributed by atoms with Crippen LogP contribution in [0.4, 0.5) is 0 Å². The van der Waals surface area contributed by atoms with Gasteiger partial charge in [-0.25, -0.2) is 0 Å². The summed E-state index contributed by atoms with van der Waals surface area (Å²) in [5.74, 6) is 0.131. The molecule has 0 bridgehead atoms. The van der Waals surface area contributed by atoms with Crippen LogP contribution >= 0.6 is 15.9 Å². The molecule has 6 heteroatoms. The van der Waals surface area contributed by atoms with Crippen molar-refractivity contribution in [2.45, 2.75) is 25.8 Å². The molecular formula is C15H15BrN2O3. The maximum atomic E-state index is 12.3. The van der Waals surface area contributed by atoms with Gasteiger partial charge in [0, 0.05) is 34.4 Å². The zero-order valence-corrected chi connectivity index (χ0v) is 13.1. The molecule has 1 aromatic heterocycles. The van der Waals surface area contributed by atoms with Crippen molar-refractivity contribution in [2.24, 2.45) is 0 Å². The Bertz CT molecular complexity index is 713. The first-order valence-corrected chi connectivity index (χ1v) is 7.60. The van der Waals surface area contributed by atoms with Gasteiger partial charge >= 0.3 is 0 Å². The average Bonchev–Trinajstić information content (AvgIpc) is 2.79. The molecule has 5 nitrogen and oxygen atoms in total. The molecule has 3 rings (SSSR count). The zero-order valence-electron chi connectivity index (χ0n) is 11.5. The summed E-state index contributed by atoms with van der Waals surface area (Å²) >= 11 is 3.42. The number of carbonyl (C=O) groups is 2. The fraction of sp³-hybridized carbons (Fsp3) is 0.333. The van der Waals surface area contributed by atoms with Gasteiger partial charge in [-0.05, 0) is 31.5 Å². The third-order valence-electron chi connectivity index (χ3n) is 3.71. The van der Waals surface area contributed by atoms with E-state index < -0.39 is 0 Å². The third-order valence-corrected chi connectivity index (χ3v) is 4.20. The van der Waals surface area contributed by atoms with Crippen LogP contribution in [-0.2, 0) is 4.79 Å². The van der Waals surface area contributed by atoms with Crippen LogP contribution in [0.1, 0.15) is 29.0 Å². The SMILES string of the molecule is Cc1c(C(=O)NC2CCC(=O)NC2)oc2ccc(Br)cc12. The van der Waals surface area contributed by atoms with Gasteiger partial charge in [0.05, 0.1) is 0 Å². The van der Waals surface area contributed by atoms with Gasteiger partial charge in [-0.3, -0.25) is 9.59 Å². The minimum absolute atomic E-state index is 0.0327. The number of carbonyl (C=O) groups excluding carboxylic acids is 2. The van der Waals surface area contributed by atoms with Gasteiger partial charge in [0.25, 0.3) is 5.91 Å². The first kappa shape index (κ1) is 14.1. The third kappa shape index (κ3) is 2.81. The van der Waals surface area contributed by atoms with Crippen molar-refractivity contribution < 1.29 is 14.0 Å². The summed E-state index contributed by atoms with van der Waals surface area (Å²) in [6.07, 6.45) is 1.10. The minimum Gasteiger partial charge on any atom is -0.451 e. The molecule has 0 saturated carbocycles. The van der Waals surface area contributed by atoms with E-state index in [9.17, 15) is 9.59 Å². The Morgan fingerprint density at radius 1 is 1.48 bits per heavy atom. The molecule has 1 unspecified atom stereocenters. The Labute approximate surface area is 130 Å². The van der Waals surface area contributed by atoms with Crippen molar-refractivity contribution >= 4 is 38.7 Å². The van der Waals surface area contributed by atoms with E-state index in [0.29, 0.717) is 30.7 Å². The predicted octanol–water partition coefficient (Wildman–Crippen LogP) is 2.51. The number of rotatable bonds is 2. The van der Waals surface area contributed by atoms with Crippen LogP contribution in [-0.4, -0.2) is 24.4 Å². The summed E-state index contributed by atoms with van der Waals surface area (Å²) < 4.78 is 6.60. The normalized spacial score (nSPS) is 18.6. The van der Waals surface area contributed by atoms with Gasteiger partial charge in [-0.15, -0.1) is 0 Å². The molecule has 0 spiro atoms. The summed E-state index contributed by atoms with van der Waals surface area (Å²) in [5.41, 5.74) is 1.52. The van der Waals surface area contributed by atoms with Crippen molar-refractivity contribution in [2.75, 3.05) is 6.54 Å². The van der Waals surface area contributed by atoms with Crippen LogP contribution in [0.25, 0.3) is 11.0 Å². The second-order valence-corrected chi connectivity index (χ2v) is 6.13. The lowest BCUT2D eigenvalue weighted by Gasteiger charge is -2.23. The number of fused-ring (bicyclic) bond motifs is 1. The monoisotopic (exact) mass is 350 g/mol. The second kappa shape index (κ2) is 5.52. The number of benzene rings is 1. The van der Waals surface area contributed by atoms with Crippen LogP contribution < -0.4 is 10.6 Å². The average molecular weight is 351 g/mol. The summed E-state index contributed by atoms with van der Waals surface area (Å²) in [4.78, 5) is 23.5. The molecule has 0 radical (unpaired) electrons. The van der Waals surface area contributed by atoms with E-state index in [1.165, 1.54) is 0 Å². The largest absolute Gasteiger partial charge is 0.451 e. The quantitative estimate of drug-likeness (QED) is 0.873. The molecule has 0 aliphatic carbocycles. The molecule has 1 fully saturated rings. The molecule has 110 valence electrons. The Kier molecular flexibility index (Phi) is 3.71. The van der Waals surface area contributed by atoms with Crippen molar-refractivity contribution in [3.05, 3.63) is 34.0 Å². The molecule has 1 atom stereocenters. The van der Waals surface area contributed by atoms with Gasteiger partial charge in [-0.2, -0.15) is 0 Å². The van der Waals surface area contributed by atoms with E-state index in [-0.39, 0.29) is 17.9 Å². The fourth-order valence-electron chi connectivity index (χ4n) is 2.52. The molecule has 1 aliphatic rings. The van der Waals surface area contributed by atoms with Crippen molar-refractivity contribution in [3.63, 3.8) is 0 Å². The summed E-state index contributed by atoms with van der Waals surface area (Å²) in [5, 5.41) is 6.58.